The number of rotatable bonds is 5. The van der Waals surface area contributed by atoms with Crippen molar-refractivity contribution in [2.24, 2.45) is 5.41 Å². The standard InChI is InChI=1S/C28H29N3O5/c1-16(26(34)36-6)29-24(32)17(2)31-15-22-20(8-7-9-21(22)25(31)33)18-10-11-23-19(14-18)12-13-30(23)27(35)28(3,4)5/h7-11,14H,1-2,12-13,15H2,3-6H3,(H,29,32). The van der Waals surface area contributed by atoms with Gasteiger partial charge in [0.2, 0.25) is 5.91 Å². The first-order valence-electron chi connectivity index (χ1n) is 11.6. The maximum Gasteiger partial charge on any atom is 0.353 e. The second kappa shape index (κ2) is 9.11. The molecule has 0 fully saturated rings. The van der Waals surface area contributed by atoms with E-state index in [0.29, 0.717) is 12.1 Å². The summed E-state index contributed by atoms with van der Waals surface area (Å²) in [7, 11) is 1.18. The van der Waals surface area contributed by atoms with Gasteiger partial charge in [0.1, 0.15) is 11.4 Å². The van der Waals surface area contributed by atoms with E-state index in [1.807, 2.05) is 43.9 Å². The summed E-state index contributed by atoms with van der Waals surface area (Å²) in [5.41, 5.74) is 4.25. The zero-order valence-corrected chi connectivity index (χ0v) is 20.9. The summed E-state index contributed by atoms with van der Waals surface area (Å²) in [6.07, 6.45) is 0.756. The van der Waals surface area contributed by atoms with Crippen LogP contribution in [0.1, 0.15) is 42.3 Å². The van der Waals surface area contributed by atoms with Crippen LogP contribution < -0.4 is 10.2 Å². The molecule has 2 aromatic rings. The Morgan fingerprint density at radius 3 is 2.39 bits per heavy atom. The number of anilines is 1. The van der Waals surface area contributed by atoms with Crippen LogP contribution >= 0.6 is 0 Å². The van der Waals surface area contributed by atoms with E-state index in [2.05, 4.69) is 29.3 Å². The highest BCUT2D eigenvalue weighted by Gasteiger charge is 2.35. The summed E-state index contributed by atoms with van der Waals surface area (Å²) in [6.45, 7) is 13.8. The van der Waals surface area contributed by atoms with Gasteiger partial charge < -0.3 is 15.0 Å². The van der Waals surface area contributed by atoms with Gasteiger partial charge >= 0.3 is 5.97 Å². The number of nitrogens with one attached hydrogen (secondary N) is 1. The summed E-state index contributed by atoms with van der Waals surface area (Å²) in [6, 6.07) is 11.4. The average molecular weight is 488 g/mol. The van der Waals surface area contributed by atoms with Gasteiger partial charge in [-0.05, 0) is 46.9 Å². The second-order valence-electron chi connectivity index (χ2n) is 9.89. The Labute approximate surface area is 210 Å². The minimum Gasteiger partial charge on any atom is -0.464 e. The van der Waals surface area contributed by atoms with Gasteiger partial charge in [-0.1, -0.05) is 52.1 Å². The molecule has 0 saturated heterocycles. The van der Waals surface area contributed by atoms with Crippen molar-refractivity contribution in [3.05, 3.63) is 77.6 Å². The molecule has 0 saturated carbocycles. The third-order valence-electron chi connectivity index (χ3n) is 6.42. The molecule has 2 aromatic carbocycles. The zero-order chi connectivity index (χ0) is 26.4. The Hall–Kier alpha value is -4.20. The molecule has 0 aromatic heterocycles. The van der Waals surface area contributed by atoms with Crippen LogP contribution in [0.4, 0.5) is 5.69 Å². The van der Waals surface area contributed by atoms with Crippen LogP contribution in [0.15, 0.2) is 61.0 Å². The Morgan fingerprint density at radius 1 is 1.03 bits per heavy atom. The first-order chi connectivity index (χ1) is 16.9. The molecule has 0 aliphatic carbocycles. The number of ether oxygens (including phenoxy) is 1. The normalized spacial score (nSPS) is 14.3. The molecule has 2 heterocycles. The second-order valence-corrected chi connectivity index (χ2v) is 9.89. The maximum absolute atomic E-state index is 13.1. The number of methoxy groups -OCH3 is 1. The minimum absolute atomic E-state index is 0.0857. The van der Waals surface area contributed by atoms with Gasteiger partial charge in [0.25, 0.3) is 11.8 Å². The number of fused-ring (bicyclic) bond motifs is 2. The predicted molar refractivity (Wildman–Crippen MR) is 136 cm³/mol. The van der Waals surface area contributed by atoms with E-state index in [4.69, 9.17) is 0 Å². The van der Waals surface area contributed by atoms with Gasteiger partial charge in [-0.3, -0.25) is 19.3 Å². The molecule has 4 rings (SSSR count). The number of carbonyl (C=O) groups is 4. The van der Waals surface area contributed by atoms with Crippen LogP contribution in [0, 0.1) is 5.41 Å². The highest BCUT2D eigenvalue weighted by molar-refractivity contribution is 6.08. The zero-order valence-electron chi connectivity index (χ0n) is 20.9. The molecule has 0 radical (unpaired) electrons. The third-order valence-corrected chi connectivity index (χ3v) is 6.42. The SMILES string of the molecule is C=C(NC(=O)C(=C)N1Cc2c(cccc2-c2ccc3c(c2)CCN3C(=O)C(C)(C)C)C1=O)C(=O)OC. The van der Waals surface area contributed by atoms with Gasteiger partial charge in [-0.15, -0.1) is 0 Å². The number of carbonyl (C=O) groups excluding carboxylic acids is 4. The van der Waals surface area contributed by atoms with Crippen LogP contribution in [0.5, 0.6) is 0 Å². The Bertz CT molecular complexity index is 1340. The molecular formula is C28H29N3O5. The van der Waals surface area contributed by atoms with Crippen LogP contribution in [-0.2, 0) is 32.1 Å². The largest absolute Gasteiger partial charge is 0.464 e. The van der Waals surface area contributed by atoms with Gasteiger partial charge in [0.05, 0.1) is 13.7 Å². The topological polar surface area (TPSA) is 96.0 Å². The fourth-order valence-electron chi connectivity index (χ4n) is 4.51. The highest BCUT2D eigenvalue weighted by Crippen LogP contribution is 2.38. The molecule has 36 heavy (non-hydrogen) atoms. The molecule has 186 valence electrons. The maximum atomic E-state index is 13.1. The first kappa shape index (κ1) is 24.9. The van der Waals surface area contributed by atoms with Crippen molar-refractivity contribution in [2.45, 2.75) is 33.7 Å². The van der Waals surface area contributed by atoms with E-state index in [9.17, 15) is 19.2 Å². The van der Waals surface area contributed by atoms with Crippen LogP contribution in [0.3, 0.4) is 0 Å². The summed E-state index contributed by atoms with van der Waals surface area (Å²) in [5, 5.41) is 2.32. The van der Waals surface area contributed by atoms with E-state index < -0.39 is 17.3 Å². The van der Waals surface area contributed by atoms with Crippen molar-refractivity contribution >= 4 is 29.4 Å². The fourth-order valence-corrected chi connectivity index (χ4v) is 4.51. The summed E-state index contributed by atoms with van der Waals surface area (Å²) >= 11 is 0. The fraction of sp³-hybridized carbons (Fsp3) is 0.286. The molecule has 1 N–H and O–H groups in total. The van der Waals surface area contributed by atoms with Crippen molar-refractivity contribution < 1.29 is 23.9 Å². The van der Waals surface area contributed by atoms with E-state index in [1.54, 1.807) is 12.1 Å². The van der Waals surface area contributed by atoms with Crippen molar-refractivity contribution in [3.8, 4) is 11.1 Å². The summed E-state index contributed by atoms with van der Waals surface area (Å²) < 4.78 is 4.54. The predicted octanol–water partition coefficient (Wildman–Crippen LogP) is 3.56. The molecule has 0 bridgehead atoms. The van der Waals surface area contributed by atoms with Crippen molar-refractivity contribution in [1.29, 1.82) is 0 Å². The highest BCUT2D eigenvalue weighted by atomic mass is 16.5. The number of esters is 1. The van der Waals surface area contributed by atoms with Gasteiger partial charge in [0.15, 0.2) is 0 Å². The average Bonchev–Trinajstić information content (AvgIpc) is 3.42. The Morgan fingerprint density at radius 2 is 1.72 bits per heavy atom. The molecule has 0 spiro atoms. The smallest absolute Gasteiger partial charge is 0.353 e. The van der Waals surface area contributed by atoms with Crippen LogP contribution in [-0.4, -0.2) is 42.2 Å². The van der Waals surface area contributed by atoms with E-state index in [-0.39, 0.29) is 29.8 Å². The van der Waals surface area contributed by atoms with Crippen molar-refractivity contribution in [3.63, 3.8) is 0 Å². The van der Waals surface area contributed by atoms with Crippen molar-refractivity contribution in [2.75, 3.05) is 18.6 Å². The molecule has 2 aliphatic heterocycles. The molecule has 2 aliphatic rings. The molecule has 0 unspecified atom stereocenters. The minimum atomic E-state index is -0.783. The Kier molecular flexibility index (Phi) is 6.30. The molecular weight excluding hydrogens is 458 g/mol. The number of benzene rings is 2. The quantitative estimate of drug-likeness (QED) is 0.514. The number of hydrogen-bond donors (Lipinski definition) is 1. The molecule has 8 nitrogen and oxygen atoms in total. The van der Waals surface area contributed by atoms with E-state index in [0.717, 1.165) is 34.4 Å². The van der Waals surface area contributed by atoms with Crippen LogP contribution in [0.2, 0.25) is 0 Å². The van der Waals surface area contributed by atoms with E-state index >= 15 is 0 Å². The van der Waals surface area contributed by atoms with Gasteiger partial charge in [0, 0.05) is 23.2 Å². The lowest BCUT2D eigenvalue weighted by Gasteiger charge is -2.26. The monoisotopic (exact) mass is 487 g/mol. The lowest BCUT2D eigenvalue weighted by molar-refractivity contribution is -0.137. The van der Waals surface area contributed by atoms with Gasteiger partial charge in [-0.2, -0.15) is 0 Å². The Balaban J connectivity index is 1.60. The lowest BCUT2D eigenvalue weighted by atomic mass is 9.94. The van der Waals surface area contributed by atoms with Gasteiger partial charge in [-0.25, -0.2) is 4.79 Å². The van der Waals surface area contributed by atoms with E-state index in [1.165, 1.54) is 12.0 Å². The first-order valence-corrected chi connectivity index (χ1v) is 11.6. The third kappa shape index (κ3) is 4.30. The lowest BCUT2D eigenvalue weighted by Crippen LogP contribution is -2.38. The summed E-state index contributed by atoms with van der Waals surface area (Å²) in [5.74, 6) is -1.76. The number of amides is 3. The van der Waals surface area contributed by atoms with Crippen LogP contribution in [0.25, 0.3) is 11.1 Å². The number of nitrogens with zero attached hydrogens (tertiary/aromatic N) is 2. The van der Waals surface area contributed by atoms with Crippen molar-refractivity contribution in [1.82, 2.24) is 10.2 Å². The number of hydrogen-bond acceptors (Lipinski definition) is 5. The molecule has 8 heteroatoms. The molecule has 0 atom stereocenters. The summed E-state index contributed by atoms with van der Waals surface area (Å²) in [4.78, 5) is 53.3. The molecule has 3 amide bonds.